The average Bonchev–Trinajstić information content (AvgIpc) is 2.11. The van der Waals surface area contributed by atoms with E-state index in [-0.39, 0.29) is 5.97 Å². The van der Waals surface area contributed by atoms with Crippen LogP contribution in [-0.2, 0) is 9.53 Å². The van der Waals surface area contributed by atoms with E-state index in [0.717, 1.165) is 6.42 Å². The molecule has 0 rings (SSSR count). The quantitative estimate of drug-likeness (QED) is 0.478. The molecule has 0 aliphatic rings. The van der Waals surface area contributed by atoms with Gasteiger partial charge in [-0.2, -0.15) is 0 Å². The third-order valence-electron chi connectivity index (χ3n) is 1.95. The van der Waals surface area contributed by atoms with Crippen molar-refractivity contribution in [3.8, 4) is 0 Å². The molecular formula is C10H18O2. The summed E-state index contributed by atoms with van der Waals surface area (Å²) in [6.45, 7) is 8.28. The van der Waals surface area contributed by atoms with Crippen LogP contribution in [-0.4, -0.2) is 12.6 Å². The number of rotatable bonds is 4. The van der Waals surface area contributed by atoms with Crippen molar-refractivity contribution in [2.45, 2.75) is 34.1 Å². The summed E-state index contributed by atoms with van der Waals surface area (Å²) in [5.74, 6) is 0.261. The lowest BCUT2D eigenvalue weighted by Gasteiger charge is -2.09. The highest BCUT2D eigenvalue weighted by Gasteiger charge is 2.06. The van der Waals surface area contributed by atoms with E-state index in [2.05, 4.69) is 13.8 Å². The van der Waals surface area contributed by atoms with Crippen molar-refractivity contribution in [2.75, 3.05) is 6.61 Å². The minimum Gasteiger partial charge on any atom is -0.462 e. The molecule has 0 aliphatic heterocycles. The SMILES string of the molecule is C/C=C(/C)C(=O)OCC(C)CC. The standard InChI is InChI=1S/C10H18O2/c1-5-8(3)7-12-10(11)9(4)6-2/h6,8H,5,7H2,1-4H3/b9-6-. The summed E-state index contributed by atoms with van der Waals surface area (Å²) in [6.07, 6.45) is 2.81. The van der Waals surface area contributed by atoms with Crippen LogP contribution >= 0.6 is 0 Å². The Labute approximate surface area is 74.6 Å². The number of esters is 1. The van der Waals surface area contributed by atoms with Crippen molar-refractivity contribution < 1.29 is 9.53 Å². The number of carbonyl (C=O) groups is 1. The minimum atomic E-state index is -0.196. The van der Waals surface area contributed by atoms with E-state index >= 15 is 0 Å². The first kappa shape index (κ1) is 11.2. The van der Waals surface area contributed by atoms with Crippen LogP contribution in [0.15, 0.2) is 11.6 Å². The molecule has 0 saturated heterocycles. The van der Waals surface area contributed by atoms with Gasteiger partial charge in [0.2, 0.25) is 0 Å². The van der Waals surface area contributed by atoms with Gasteiger partial charge in [0.1, 0.15) is 0 Å². The minimum absolute atomic E-state index is 0.196. The first-order valence-electron chi connectivity index (χ1n) is 4.41. The molecule has 0 aromatic rings. The zero-order valence-electron chi connectivity index (χ0n) is 8.39. The Bertz CT molecular complexity index is 171. The van der Waals surface area contributed by atoms with Crippen LogP contribution < -0.4 is 0 Å². The fourth-order valence-corrected chi connectivity index (χ4v) is 0.567. The molecule has 0 aliphatic carbocycles. The van der Waals surface area contributed by atoms with Gasteiger partial charge in [-0.25, -0.2) is 4.79 Å². The second-order valence-corrected chi connectivity index (χ2v) is 3.08. The van der Waals surface area contributed by atoms with E-state index < -0.39 is 0 Å². The number of hydrogen-bond acceptors (Lipinski definition) is 2. The first-order valence-corrected chi connectivity index (χ1v) is 4.41. The number of hydrogen-bond donors (Lipinski definition) is 0. The molecule has 0 heterocycles. The van der Waals surface area contributed by atoms with Gasteiger partial charge >= 0.3 is 5.97 Å². The lowest BCUT2D eigenvalue weighted by Crippen LogP contribution is -2.11. The second-order valence-electron chi connectivity index (χ2n) is 3.08. The molecule has 0 aromatic carbocycles. The number of ether oxygens (including phenoxy) is 1. The molecule has 0 radical (unpaired) electrons. The van der Waals surface area contributed by atoms with Crippen LogP contribution in [0.5, 0.6) is 0 Å². The Balaban J connectivity index is 3.72. The molecule has 1 atom stereocenters. The summed E-state index contributed by atoms with van der Waals surface area (Å²) < 4.78 is 5.04. The molecule has 1 unspecified atom stereocenters. The van der Waals surface area contributed by atoms with Crippen molar-refractivity contribution in [3.05, 3.63) is 11.6 Å². The lowest BCUT2D eigenvalue weighted by atomic mass is 10.1. The third-order valence-corrected chi connectivity index (χ3v) is 1.95. The van der Waals surface area contributed by atoms with Gasteiger partial charge in [-0.05, 0) is 19.8 Å². The summed E-state index contributed by atoms with van der Waals surface area (Å²) in [5.41, 5.74) is 0.679. The van der Waals surface area contributed by atoms with E-state index in [1.807, 2.05) is 6.92 Å². The van der Waals surface area contributed by atoms with E-state index in [4.69, 9.17) is 4.74 Å². The zero-order valence-corrected chi connectivity index (χ0v) is 8.39. The molecule has 0 fully saturated rings. The smallest absolute Gasteiger partial charge is 0.333 e. The highest BCUT2D eigenvalue weighted by atomic mass is 16.5. The largest absolute Gasteiger partial charge is 0.462 e. The second kappa shape index (κ2) is 5.81. The molecule has 0 aromatic heterocycles. The van der Waals surface area contributed by atoms with Crippen LogP contribution in [0.1, 0.15) is 34.1 Å². The van der Waals surface area contributed by atoms with Crippen molar-refractivity contribution in [1.29, 1.82) is 0 Å². The van der Waals surface area contributed by atoms with Crippen LogP contribution in [0, 0.1) is 5.92 Å². The van der Waals surface area contributed by atoms with Crippen LogP contribution in [0.3, 0.4) is 0 Å². The molecule has 0 spiro atoms. The topological polar surface area (TPSA) is 26.3 Å². The van der Waals surface area contributed by atoms with Crippen molar-refractivity contribution in [2.24, 2.45) is 5.92 Å². The Morgan fingerprint density at radius 3 is 2.58 bits per heavy atom. The molecule has 12 heavy (non-hydrogen) atoms. The third kappa shape index (κ3) is 4.16. The van der Waals surface area contributed by atoms with Crippen molar-refractivity contribution >= 4 is 5.97 Å². The predicted octanol–water partition coefficient (Wildman–Crippen LogP) is 2.54. The van der Waals surface area contributed by atoms with Crippen LogP contribution in [0.2, 0.25) is 0 Å². The molecule has 2 heteroatoms. The highest BCUT2D eigenvalue weighted by Crippen LogP contribution is 2.03. The van der Waals surface area contributed by atoms with Gasteiger partial charge in [0, 0.05) is 5.57 Å². The Kier molecular flexibility index (Phi) is 5.43. The van der Waals surface area contributed by atoms with E-state index in [0.29, 0.717) is 18.1 Å². The zero-order chi connectivity index (χ0) is 9.56. The monoisotopic (exact) mass is 170 g/mol. The molecule has 0 amide bonds. The Hall–Kier alpha value is -0.790. The molecule has 70 valence electrons. The summed E-state index contributed by atoms with van der Waals surface area (Å²) in [7, 11) is 0. The van der Waals surface area contributed by atoms with E-state index in [1.54, 1.807) is 13.0 Å². The summed E-state index contributed by atoms with van der Waals surface area (Å²) in [6, 6.07) is 0. The molecule has 0 saturated carbocycles. The molecule has 0 bridgehead atoms. The molecule has 0 N–H and O–H groups in total. The maximum Gasteiger partial charge on any atom is 0.333 e. The van der Waals surface area contributed by atoms with Gasteiger partial charge in [0.15, 0.2) is 0 Å². The number of carbonyl (C=O) groups excluding carboxylic acids is 1. The van der Waals surface area contributed by atoms with Crippen LogP contribution in [0.25, 0.3) is 0 Å². The number of allylic oxidation sites excluding steroid dienone is 1. The first-order chi connectivity index (χ1) is 5.61. The van der Waals surface area contributed by atoms with Gasteiger partial charge in [-0.3, -0.25) is 0 Å². The summed E-state index contributed by atoms with van der Waals surface area (Å²) in [5, 5.41) is 0. The fourth-order valence-electron chi connectivity index (χ4n) is 0.567. The van der Waals surface area contributed by atoms with Gasteiger partial charge in [0.05, 0.1) is 6.61 Å². The van der Waals surface area contributed by atoms with E-state index in [1.165, 1.54) is 0 Å². The summed E-state index contributed by atoms with van der Waals surface area (Å²) in [4.78, 5) is 11.1. The molecule has 2 nitrogen and oxygen atoms in total. The van der Waals surface area contributed by atoms with Gasteiger partial charge < -0.3 is 4.74 Å². The summed E-state index contributed by atoms with van der Waals surface area (Å²) >= 11 is 0. The van der Waals surface area contributed by atoms with Gasteiger partial charge in [-0.1, -0.05) is 26.3 Å². The fraction of sp³-hybridized carbons (Fsp3) is 0.700. The maximum absolute atomic E-state index is 11.1. The van der Waals surface area contributed by atoms with Crippen molar-refractivity contribution in [1.82, 2.24) is 0 Å². The normalized spacial score (nSPS) is 14.2. The van der Waals surface area contributed by atoms with Crippen LogP contribution in [0.4, 0.5) is 0 Å². The average molecular weight is 170 g/mol. The lowest BCUT2D eigenvalue weighted by molar-refractivity contribution is -0.140. The van der Waals surface area contributed by atoms with Gasteiger partial charge in [-0.15, -0.1) is 0 Å². The van der Waals surface area contributed by atoms with Gasteiger partial charge in [0.25, 0.3) is 0 Å². The van der Waals surface area contributed by atoms with E-state index in [9.17, 15) is 4.79 Å². The Morgan fingerprint density at radius 2 is 2.17 bits per heavy atom. The predicted molar refractivity (Wildman–Crippen MR) is 49.8 cm³/mol. The Morgan fingerprint density at radius 1 is 1.58 bits per heavy atom. The maximum atomic E-state index is 11.1. The highest BCUT2D eigenvalue weighted by molar-refractivity contribution is 5.87. The molecular weight excluding hydrogens is 152 g/mol. The van der Waals surface area contributed by atoms with Crippen molar-refractivity contribution in [3.63, 3.8) is 0 Å².